The third-order valence-electron chi connectivity index (χ3n) is 2.35. The molecule has 0 aliphatic heterocycles. The van der Waals surface area contributed by atoms with E-state index in [2.05, 4.69) is 6.58 Å². The third kappa shape index (κ3) is 2.26. The molecule has 0 heterocycles. The van der Waals surface area contributed by atoms with E-state index in [9.17, 15) is 4.57 Å². The van der Waals surface area contributed by atoms with Crippen LogP contribution >= 0.6 is 7.80 Å². The molecule has 1 atom stereocenters. The maximum atomic E-state index is 12.2. The molecule has 1 radical (unpaired) electrons. The Morgan fingerprint density at radius 1 is 0.875 bits per heavy atom. The summed E-state index contributed by atoms with van der Waals surface area (Å²) in [4.78, 5) is 0. The van der Waals surface area contributed by atoms with Crippen LogP contribution in [-0.4, -0.2) is 0 Å². The minimum atomic E-state index is -1.47. The van der Waals surface area contributed by atoms with E-state index in [1.807, 2.05) is 54.6 Å². The first-order valence-corrected chi connectivity index (χ1v) is 6.32. The highest BCUT2D eigenvalue weighted by molar-refractivity contribution is 7.61. The van der Waals surface area contributed by atoms with E-state index in [0.717, 1.165) is 16.2 Å². The molecule has 79 valence electrons. The molecule has 0 aromatic heterocycles. The summed E-state index contributed by atoms with van der Waals surface area (Å²) in [6.07, 6.45) is 1.78. The lowest BCUT2D eigenvalue weighted by molar-refractivity contribution is 0.598. The molecule has 0 fully saturated rings. The van der Waals surface area contributed by atoms with Crippen molar-refractivity contribution in [1.29, 1.82) is 0 Å². The van der Waals surface area contributed by atoms with Gasteiger partial charge in [0.2, 0.25) is 0 Å². The van der Waals surface area contributed by atoms with Gasteiger partial charge >= 0.3 is 0 Å². The average molecular weight is 227 g/mol. The highest BCUT2D eigenvalue weighted by Gasteiger charge is 2.06. The molecule has 2 rings (SSSR count). The zero-order chi connectivity index (χ0) is 11.4. The fourth-order valence-corrected chi connectivity index (χ4v) is 2.62. The van der Waals surface area contributed by atoms with Crippen molar-refractivity contribution in [2.75, 3.05) is 0 Å². The number of benzene rings is 2. The van der Waals surface area contributed by atoms with Crippen LogP contribution in [0, 0.1) is 0 Å². The Labute approximate surface area is 96.2 Å². The van der Waals surface area contributed by atoms with Crippen molar-refractivity contribution in [2.24, 2.45) is 0 Å². The maximum absolute atomic E-state index is 12.2. The largest absolute Gasteiger partial charge is 0.277 e. The van der Waals surface area contributed by atoms with E-state index in [1.54, 1.807) is 6.08 Å². The van der Waals surface area contributed by atoms with Crippen LogP contribution in [-0.2, 0) is 4.57 Å². The first-order valence-electron chi connectivity index (χ1n) is 5.06. The van der Waals surface area contributed by atoms with Gasteiger partial charge in [-0.25, -0.2) is 0 Å². The van der Waals surface area contributed by atoms with Gasteiger partial charge < -0.3 is 0 Å². The van der Waals surface area contributed by atoms with Crippen molar-refractivity contribution in [3.63, 3.8) is 0 Å². The van der Waals surface area contributed by atoms with E-state index in [0.29, 0.717) is 0 Å². The fourth-order valence-electron chi connectivity index (χ4n) is 1.46. The van der Waals surface area contributed by atoms with Crippen molar-refractivity contribution >= 4 is 24.5 Å². The van der Waals surface area contributed by atoms with Crippen LogP contribution < -0.4 is 10.6 Å². The van der Waals surface area contributed by atoms with Gasteiger partial charge in [0, 0.05) is 10.6 Å². The molecule has 0 bridgehead atoms. The summed E-state index contributed by atoms with van der Waals surface area (Å²) in [7, 11) is -1.47. The lowest BCUT2D eigenvalue weighted by Gasteiger charge is -2.01. The predicted octanol–water partition coefficient (Wildman–Crippen LogP) is 3.11. The van der Waals surface area contributed by atoms with E-state index < -0.39 is 7.80 Å². The molecule has 0 N–H and O–H groups in total. The first-order chi connectivity index (χ1) is 7.81. The summed E-state index contributed by atoms with van der Waals surface area (Å²) in [6, 6.07) is 17.2. The van der Waals surface area contributed by atoms with Crippen LogP contribution in [0.3, 0.4) is 0 Å². The maximum Gasteiger partial charge on any atom is 0.136 e. The smallest absolute Gasteiger partial charge is 0.136 e. The Kier molecular flexibility index (Phi) is 3.28. The van der Waals surface area contributed by atoms with Crippen LogP contribution in [0.25, 0.3) is 6.08 Å². The Bertz CT molecular complexity index is 500. The lowest BCUT2D eigenvalue weighted by atomic mass is 10.2. The molecule has 16 heavy (non-hydrogen) atoms. The minimum absolute atomic E-state index is 0.854. The van der Waals surface area contributed by atoms with Gasteiger partial charge in [0.25, 0.3) is 0 Å². The molecule has 1 unspecified atom stereocenters. The van der Waals surface area contributed by atoms with Gasteiger partial charge in [-0.1, -0.05) is 43.0 Å². The standard InChI is InChI=1S/C14H12OP/c1-2-12-8-10-14(11-9-12)16(15)13-6-4-3-5-7-13/h2-11H,1H2. The van der Waals surface area contributed by atoms with Crippen LogP contribution in [0.15, 0.2) is 61.2 Å². The second-order valence-electron chi connectivity index (χ2n) is 3.43. The van der Waals surface area contributed by atoms with Gasteiger partial charge in [0.05, 0.1) is 0 Å². The number of hydrogen-bond acceptors (Lipinski definition) is 1. The molecule has 0 saturated carbocycles. The highest BCUT2D eigenvalue weighted by atomic mass is 31.1. The molecule has 2 heteroatoms. The summed E-state index contributed by atoms with van der Waals surface area (Å²) < 4.78 is 12.2. The zero-order valence-electron chi connectivity index (χ0n) is 8.84. The fraction of sp³-hybridized carbons (Fsp3) is 0. The zero-order valence-corrected chi connectivity index (χ0v) is 9.73. The molecule has 0 spiro atoms. The molecule has 2 aromatic carbocycles. The summed E-state index contributed by atoms with van der Waals surface area (Å²) >= 11 is 0. The minimum Gasteiger partial charge on any atom is -0.277 e. The summed E-state index contributed by atoms with van der Waals surface area (Å²) in [5, 5.41) is 1.72. The average Bonchev–Trinajstić information content (AvgIpc) is 2.39. The van der Waals surface area contributed by atoms with Gasteiger partial charge in [-0.05, 0) is 29.8 Å². The molecular weight excluding hydrogens is 215 g/mol. The van der Waals surface area contributed by atoms with Crippen molar-refractivity contribution in [3.8, 4) is 0 Å². The normalized spacial score (nSPS) is 10.9. The van der Waals surface area contributed by atoms with Gasteiger partial charge in [-0.15, -0.1) is 0 Å². The molecule has 0 aliphatic rings. The van der Waals surface area contributed by atoms with Crippen LogP contribution in [0.1, 0.15) is 5.56 Å². The van der Waals surface area contributed by atoms with Gasteiger partial charge in [0.15, 0.2) is 0 Å². The Balaban J connectivity index is 2.31. The van der Waals surface area contributed by atoms with Crippen LogP contribution in [0.2, 0.25) is 0 Å². The van der Waals surface area contributed by atoms with Crippen LogP contribution in [0.4, 0.5) is 0 Å². The molecule has 1 nitrogen and oxygen atoms in total. The van der Waals surface area contributed by atoms with Gasteiger partial charge in [-0.3, -0.25) is 4.57 Å². The monoisotopic (exact) mass is 227 g/mol. The van der Waals surface area contributed by atoms with Crippen molar-refractivity contribution in [1.82, 2.24) is 0 Å². The second-order valence-corrected chi connectivity index (χ2v) is 5.05. The summed E-state index contributed by atoms with van der Waals surface area (Å²) in [5.74, 6) is 0. The predicted molar refractivity (Wildman–Crippen MR) is 69.8 cm³/mol. The van der Waals surface area contributed by atoms with Crippen molar-refractivity contribution < 1.29 is 4.57 Å². The quantitative estimate of drug-likeness (QED) is 0.736. The van der Waals surface area contributed by atoms with E-state index in [4.69, 9.17) is 0 Å². The van der Waals surface area contributed by atoms with Gasteiger partial charge in [-0.2, -0.15) is 0 Å². The van der Waals surface area contributed by atoms with Crippen molar-refractivity contribution in [3.05, 3.63) is 66.7 Å². The first kappa shape index (κ1) is 10.8. The highest BCUT2D eigenvalue weighted by Crippen LogP contribution is 2.19. The SMILES string of the molecule is C=Cc1ccc([P](=O)c2ccccc2)cc1. The Morgan fingerprint density at radius 3 is 2.00 bits per heavy atom. The second kappa shape index (κ2) is 4.87. The Hall–Kier alpha value is -1.72. The van der Waals surface area contributed by atoms with E-state index in [-0.39, 0.29) is 0 Å². The van der Waals surface area contributed by atoms with Crippen LogP contribution in [0.5, 0.6) is 0 Å². The van der Waals surface area contributed by atoms with Crippen molar-refractivity contribution in [2.45, 2.75) is 0 Å². The van der Waals surface area contributed by atoms with E-state index in [1.165, 1.54) is 0 Å². The Morgan fingerprint density at radius 2 is 1.44 bits per heavy atom. The van der Waals surface area contributed by atoms with Gasteiger partial charge in [0.1, 0.15) is 7.80 Å². The molecular formula is C14H12OP. The molecule has 0 amide bonds. The molecule has 0 aliphatic carbocycles. The molecule has 0 saturated heterocycles. The third-order valence-corrected chi connectivity index (χ3v) is 3.89. The number of rotatable bonds is 3. The lowest BCUT2D eigenvalue weighted by Crippen LogP contribution is -2.05. The summed E-state index contributed by atoms with van der Waals surface area (Å²) in [5.41, 5.74) is 1.04. The topological polar surface area (TPSA) is 17.1 Å². The summed E-state index contributed by atoms with van der Waals surface area (Å²) in [6.45, 7) is 3.69. The van der Waals surface area contributed by atoms with E-state index >= 15 is 0 Å². The molecule has 2 aromatic rings. The number of hydrogen-bond donors (Lipinski definition) is 0.